The number of carbonyl (C=O) groups is 1. The molecule has 144 valence electrons. The summed E-state index contributed by atoms with van der Waals surface area (Å²) in [5, 5.41) is 5.39. The molecule has 1 aliphatic heterocycles. The average molecular weight is 394 g/mol. The van der Waals surface area contributed by atoms with Crippen molar-refractivity contribution < 1.29 is 14.3 Å². The third kappa shape index (κ3) is 4.58. The van der Waals surface area contributed by atoms with Gasteiger partial charge in [0.05, 0.1) is 11.8 Å². The highest BCUT2D eigenvalue weighted by atomic mass is 32.1. The molecule has 0 bridgehead atoms. The first-order chi connectivity index (χ1) is 13.7. The molecule has 1 atom stereocenters. The van der Waals surface area contributed by atoms with Crippen LogP contribution >= 0.6 is 11.3 Å². The number of benzene rings is 2. The highest BCUT2D eigenvalue weighted by Gasteiger charge is 2.16. The molecule has 0 saturated carbocycles. The molecule has 1 unspecified atom stereocenters. The number of amides is 1. The second-order valence-corrected chi connectivity index (χ2v) is 7.69. The fraction of sp³-hybridized carbons (Fsp3) is 0.273. The number of rotatable bonds is 6. The van der Waals surface area contributed by atoms with Gasteiger partial charge in [0, 0.05) is 23.1 Å². The van der Waals surface area contributed by atoms with Crippen LogP contribution in [0, 0.1) is 6.92 Å². The molecule has 6 heteroatoms. The Kier molecular flexibility index (Phi) is 5.69. The molecule has 1 aromatic heterocycles. The van der Waals surface area contributed by atoms with Crippen LogP contribution in [0.1, 0.15) is 28.8 Å². The zero-order valence-corrected chi connectivity index (χ0v) is 16.5. The van der Waals surface area contributed by atoms with E-state index in [2.05, 4.69) is 29.4 Å². The molecule has 0 aliphatic carbocycles. The van der Waals surface area contributed by atoms with E-state index in [0.717, 1.165) is 36.5 Å². The van der Waals surface area contributed by atoms with E-state index in [9.17, 15) is 4.79 Å². The zero-order chi connectivity index (χ0) is 19.3. The lowest BCUT2D eigenvalue weighted by atomic mass is 10.1. The standard InChI is InChI=1S/C22H22N2O3S/c1-15-4-6-16(7-5-15)20-14-28-22(23-20)24-21(25)17-8-10-18(11-9-17)27-13-19-3-2-12-26-19/h4-11,14,19H,2-3,12-13H2,1H3,(H,23,24,25). The molecule has 4 rings (SSSR count). The maximum Gasteiger partial charge on any atom is 0.257 e. The third-order valence-electron chi connectivity index (χ3n) is 4.65. The minimum atomic E-state index is -0.185. The van der Waals surface area contributed by atoms with Crippen molar-refractivity contribution in [2.45, 2.75) is 25.9 Å². The van der Waals surface area contributed by atoms with Gasteiger partial charge in [0.2, 0.25) is 0 Å². The van der Waals surface area contributed by atoms with E-state index in [1.807, 2.05) is 29.6 Å². The summed E-state index contributed by atoms with van der Waals surface area (Å²) < 4.78 is 11.3. The molecule has 1 saturated heterocycles. The lowest BCUT2D eigenvalue weighted by Crippen LogP contribution is -2.16. The minimum absolute atomic E-state index is 0.176. The van der Waals surface area contributed by atoms with Crippen LogP contribution in [0.15, 0.2) is 53.9 Å². The highest BCUT2D eigenvalue weighted by Crippen LogP contribution is 2.25. The third-order valence-corrected chi connectivity index (χ3v) is 5.41. The minimum Gasteiger partial charge on any atom is -0.491 e. The van der Waals surface area contributed by atoms with Crippen LogP contribution in [0.4, 0.5) is 5.13 Å². The Labute approximate surface area is 168 Å². The Hall–Kier alpha value is -2.70. The maximum absolute atomic E-state index is 12.5. The summed E-state index contributed by atoms with van der Waals surface area (Å²) in [6, 6.07) is 15.3. The normalized spacial score (nSPS) is 16.1. The largest absolute Gasteiger partial charge is 0.491 e. The first-order valence-corrected chi connectivity index (χ1v) is 10.2. The van der Waals surface area contributed by atoms with E-state index in [1.54, 1.807) is 12.1 Å². The summed E-state index contributed by atoms with van der Waals surface area (Å²) in [5.41, 5.74) is 3.67. The van der Waals surface area contributed by atoms with E-state index >= 15 is 0 Å². The van der Waals surface area contributed by atoms with E-state index < -0.39 is 0 Å². The van der Waals surface area contributed by atoms with Crippen molar-refractivity contribution in [3.05, 3.63) is 65.0 Å². The number of aryl methyl sites for hydroxylation is 1. The number of carbonyl (C=O) groups excluding carboxylic acids is 1. The first-order valence-electron chi connectivity index (χ1n) is 9.36. The number of nitrogens with one attached hydrogen (secondary N) is 1. The fourth-order valence-electron chi connectivity index (χ4n) is 3.02. The number of nitrogens with zero attached hydrogens (tertiary/aromatic N) is 1. The number of hydrogen-bond acceptors (Lipinski definition) is 5. The van der Waals surface area contributed by atoms with Gasteiger partial charge in [0.15, 0.2) is 5.13 Å². The smallest absolute Gasteiger partial charge is 0.257 e. The summed E-state index contributed by atoms with van der Waals surface area (Å²) in [5.74, 6) is 0.554. The molecule has 5 nitrogen and oxygen atoms in total. The molecule has 1 N–H and O–H groups in total. The fourth-order valence-corrected chi connectivity index (χ4v) is 3.74. The van der Waals surface area contributed by atoms with Crippen LogP contribution in [-0.2, 0) is 4.74 Å². The van der Waals surface area contributed by atoms with Crippen molar-refractivity contribution in [2.24, 2.45) is 0 Å². The van der Waals surface area contributed by atoms with E-state index in [4.69, 9.17) is 9.47 Å². The Morgan fingerprint density at radius 1 is 1.21 bits per heavy atom. The van der Waals surface area contributed by atoms with Crippen LogP contribution in [0.3, 0.4) is 0 Å². The second kappa shape index (κ2) is 8.54. The van der Waals surface area contributed by atoms with Gasteiger partial charge >= 0.3 is 0 Å². The topological polar surface area (TPSA) is 60.5 Å². The molecule has 0 radical (unpaired) electrons. The van der Waals surface area contributed by atoms with Crippen molar-refractivity contribution in [2.75, 3.05) is 18.5 Å². The Balaban J connectivity index is 1.35. The molecule has 1 amide bonds. The molecule has 1 aliphatic rings. The SMILES string of the molecule is Cc1ccc(-c2csc(NC(=O)c3ccc(OCC4CCCO4)cc3)n2)cc1. The van der Waals surface area contributed by atoms with Crippen LogP contribution in [0.2, 0.25) is 0 Å². The van der Waals surface area contributed by atoms with Gasteiger partial charge in [-0.3, -0.25) is 10.1 Å². The van der Waals surface area contributed by atoms with Crippen molar-refractivity contribution in [1.29, 1.82) is 0 Å². The van der Waals surface area contributed by atoms with E-state index in [1.165, 1.54) is 16.9 Å². The van der Waals surface area contributed by atoms with Crippen LogP contribution in [0.25, 0.3) is 11.3 Å². The lowest BCUT2D eigenvalue weighted by molar-refractivity contribution is 0.0679. The zero-order valence-electron chi connectivity index (χ0n) is 15.7. The van der Waals surface area contributed by atoms with Gasteiger partial charge in [-0.25, -0.2) is 4.98 Å². The average Bonchev–Trinajstić information content (AvgIpc) is 3.39. The number of ether oxygens (including phenoxy) is 2. The monoisotopic (exact) mass is 394 g/mol. The van der Waals surface area contributed by atoms with Gasteiger partial charge in [-0.1, -0.05) is 29.8 Å². The predicted octanol–water partition coefficient (Wildman–Crippen LogP) is 4.93. The van der Waals surface area contributed by atoms with Crippen LogP contribution in [0.5, 0.6) is 5.75 Å². The van der Waals surface area contributed by atoms with Crippen LogP contribution in [-0.4, -0.2) is 30.2 Å². The number of anilines is 1. The summed E-state index contributed by atoms with van der Waals surface area (Å²) >= 11 is 1.42. The van der Waals surface area contributed by atoms with Crippen molar-refractivity contribution in [3.8, 4) is 17.0 Å². The molecular weight excluding hydrogens is 372 g/mol. The molecular formula is C22H22N2O3S. The first kappa shape index (κ1) is 18.7. The highest BCUT2D eigenvalue weighted by molar-refractivity contribution is 7.14. The quantitative estimate of drug-likeness (QED) is 0.644. The van der Waals surface area contributed by atoms with Crippen molar-refractivity contribution in [3.63, 3.8) is 0 Å². The number of aromatic nitrogens is 1. The van der Waals surface area contributed by atoms with Crippen molar-refractivity contribution >= 4 is 22.4 Å². The number of thiazole rings is 1. The lowest BCUT2D eigenvalue weighted by Gasteiger charge is -2.11. The van der Waals surface area contributed by atoms with Gasteiger partial charge in [-0.2, -0.15) is 0 Å². The van der Waals surface area contributed by atoms with Gasteiger partial charge < -0.3 is 9.47 Å². The maximum atomic E-state index is 12.5. The van der Waals surface area contributed by atoms with Crippen LogP contribution < -0.4 is 10.1 Å². The van der Waals surface area contributed by atoms with Gasteiger partial charge in [0.25, 0.3) is 5.91 Å². The summed E-state index contributed by atoms with van der Waals surface area (Å²) in [6.07, 6.45) is 2.31. The van der Waals surface area contributed by atoms with Gasteiger partial charge in [0.1, 0.15) is 12.4 Å². The Bertz CT molecular complexity index is 929. The van der Waals surface area contributed by atoms with E-state index in [0.29, 0.717) is 17.3 Å². The molecule has 2 heterocycles. The summed E-state index contributed by atoms with van der Waals surface area (Å²) in [7, 11) is 0. The predicted molar refractivity (Wildman–Crippen MR) is 111 cm³/mol. The van der Waals surface area contributed by atoms with Crippen molar-refractivity contribution in [1.82, 2.24) is 4.98 Å². The Morgan fingerprint density at radius 2 is 2.00 bits per heavy atom. The summed E-state index contributed by atoms with van der Waals surface area (Å²) in [4.78, 5) is 17.0. The molecule has 0 spiro atoms. The summed E-state index contributed by atoms with van der Waals surface area (Å²) in [6.45, 7) is 3.41. The Morgan fingerprint density at radius 3 is 2.71 bits per heavy atom. The van der Waals surface area contributed by atoms with E-state index in [-0.39, 0.29) is 12.0 Å². The van der Waals surface area contributed by atoms with Gasteiger partial charge in [-0.05, 0) is 44.0 Å². The molecule has 1 fully saturated rings. The number of hydrogen-bond donors (Lipinski definition) is 1. The molecule has 28 heavy (non-hydrogen) atoms. The molecule has 3 aromatic rings. The molecule has 2 aromatic carbocycles. The van der Waals surface area contributed by atoms with Gasteiger partial charge in [-0.15, -0.1) is 11.3 Å². The second-order valence-electron chi connectivity index (χ2n) is 6.83.